The highest BCUT2D eigenvalue weighted by atomic mass is 16.5. The van der Waals surface area contributed by atoms with Crippen LogP contribution in [0.25, 0.3) is 5.57 Å². The van der Waals surface area contributed by atoms with E-state index < -0.39 is 12.1 Å². The molecule has 44 heavy (non-hydrogen) atoms. The Kier molecular flexibility index (Phi) is 8.58. The number of hydrogen-bond donors (Lipinski definition) is 2. The number of methoxy groups -OCH3 is 1. The molecule has 2 atom stereocenters. The van der Waals surface area contributed by atoms with Crippen LogP contribution in [0.15, 0.2) is 109 Å². The standard InChI is InChI=1S/C35H34N6O3/c1-44-28-18-16-25(17-19-28)29-13-8-14-31(32(29)42)40-23-37-21-26-22-38-35(39-33(26)40)41(27-11-6-3-7-12-27)34(43)30(36)20-15-24-9-4-2-5-10-24/h2-14,16-19,22,30-31,37H,15,20-21,23,36H2,1H3/t30-,31?/m0/s1. The Balaban J connectivity index is 1.30. The molecule has 0 saturated carbocycles. The maximum Gasteiger partial charge on any atom is 0.250 e. The van der Waals surface area contributed by atoms with Gasteiger partial charge in [0, 0.05) is 23.9 Å². The summed E-state index contributed by atoms with van der Waals surface area (Å²) < 4.78 is 5.28. The number of benzene rings is 3. The molecule has 4 aromatic rings. The largest absolute Gasteiger partial charge is 0.497 e. The topological polar surface area (TPSA) is 114 Å². The third-order valence-electron chi connectivity index (χ3n) is 7.86. The number of nitrogens with one attached hydrogen (secondary N) is 1. The molecule has 2 heterocycles. The second-order valence-corrected chi connectivity index (χ2v) is 10.7. The van der Waals surface area contributed by atoms with E-state index in [0.29, 0.717) is 43.1 Å². The second-order valence-electron chi connectivity index (χ2n) is 10.7. The van der Waals surface area contributed by atoms with Gasteiger partial charge in [0.25, 0.3) is 5.91 Å². The Morgan fingerprint density at radius 1 is 1.07 bits per heavy atom. The number of nitrogens with zero attached hydrogens (tertiary/aromatic N) is 4. The predicted octanol–water partition coefficient (Wildman–Crippen LogP) is 4.57. The summed E-state index contributed by atoms with van der Waals surface area (Å²) in [5.74, 6) is 1.18. The number of carbonyl (C=O) groups is 2. The summed E-state index contributed by atoms with van der Waals surface area (Å²) in [6, 6.07) is 25.3. The van der Waals surface area contributed by atoms with Gasteiger partial charge >= 0.3 is 0 Å². The minimum atomic E-state index is -0.770. The number of fused-ring (bicyclic) bond motifs is 1. The number of aromatic nitrogens is 2. The molecule has 3 N–H and O–H groups in total. The van der Waals surface area contributed by atoms with Gasteiger partial charge < -0.3 is 15.4 Å². The summed E-state index contributed by atoms with van der Waals surface area (Å²) in [6.45, 7) is 0.934. The molecular weight excluding hydrogens is 552 g/mol. The molecule has 0 fully saturated rings. The molecule has 1 aliphatic heterocycles. The van der Waals surface area contributed by atoms with Crippen LogP contribution in [0.3, 0.4) is 0 Å². The van der Waals surface area contributed by atoms with Crippen LogP contribution in [-0.4, -0.2) is 47.5 Å². The number of nitrogens with two attached hydrogens (primary N) is 1. The predicted molar refractivity (Wildman–Crippen MR) is 171 cm³/mol. The van der Waals surface area contributed by atoms with E-state index >= 15 is 0 Å². The normalized spacial score (nSPS) is 16.6. The van der Waals surface area contributed by atoms with Crippen molar-refractivity contribution in [1.82, 2.24) is 15.3 Å². The number of rotatable bonds is 9. The molecule has 0 radical (unpaired) electrons. The first-order chi connectivity index (χ1) is 21.5. The van der Waals surface area contributed by atoms with Crippen LogP contribution in [0, 0.1) is 0 Å². The van der Waals surface area contributed by atoms with Gasteiger partial charge in [-0.25, -0.2) is 9.88 Å². The lowest BCUT2D eigenvalue weighted by Crippen LogP contribution is -2.49. The van der Waals surface area contributed by atoms with Crippen LogP contribution >= 0.6 is 0 Å². The molecule has 1 aliphatic carbocycles. The third kappa shape index (κ3) is 6.01. The molecule has 1 amide bonds. The van der Waals surface area contributed by atoms with E-state index in [2.05, 4.69) is 10.3 Å². The fourth-order valence-electron chi connectivity index (χ4n) is 5.50. The van der Waals surface area contributed by atoms with Crippen molar-refractivity contribution < 1.29 is 14.3 Å². The molecule has 0 saturated heterocycles. The van der Waals surface area contributed by atoms with Crippen LogP contribution in [-0.2, 0) is 22.6 Å². The minimum Gasteiger partial charge on any atom is -0.497 e. The quantitative estimate of drug-likeness (QED) is 0.293. The molecule has 2 aliphatic rings. The van der Waals surface area contributed by atoms with Crippen LogP contribution in [0.2, 0.25) is 0 Å². The van der Waals surface area contributed by atoms with Gasteiger partial charge in [-0.15, -0.1) is 0 Å². The van der Waals surface area contributed by atoms with Crippen molar-refractivity contribution in [3.8, 4) is 5.75 Å². The highest BCUT2D eigenvalue weighted by molar-refractivity contribution is 6.26. The summed E-state index contributed by atoms with van der Waals surface area (Å²) in [6.07, 6.45) is 8.45. The first-order valence-corrected chi connectivity index (χ1v) is 14.6. The molecule has 1 unspecified atom stereocenters. The van der Waals surface area contributed by atoms with E-state index in [0.717, 1.165) is 22.4 Å². The number of anilines is 3. The summed E-state index contributed by atoms with van der Waals surface area (Å²) >= 11 is 0. The summed E-state index contributed by atoms with van der Waals surface area (Å²) in [4.78, 5) is 40.7. The average molecular weight is 587 g/mol. The van der Waals surface area contributed by atoms with Crippen molar-refractivity contribution >= 4 is 34.7 Å². The van der Waals surface area contributed by atoms with Gasteiger partial charge in [-0.3, -0.25) is 14.9 Å². The lowest BCUT2D eigenvalue weighted by atomic mass is 9.92. The average Bonchev–Trinajstić information content (AvgIpc) is 3.08. The maximum atomic E-state index is 13.9. The molecule has 0 bridgehead atoms. The van der Waals surface area contributed by atoms with Crippen LogP contribution in [0.4, 0.5) is 17.5 Å². The van der Waals surface area contributed by atoms with Gasteiger partial charge in [-0.05, 0) is 48.2 Å². The first-order valence-electron chi connectivity index (χ1n) is 14.6. The van der Waals surface area contributed by atoms with E-state index in [-0.39, 0.29) is 17.6 Å². The number of Topliss-reactive ketones (excluding diaryl/α,β-unsaturated/α-hetero) is 1. The summed E-state index contributed by atoms with van der Waals surface area (Å²) in [7, 11) is 1.61. The highest BCUT2D eigenvalue weighted by Gasteiger charge is 2.34. The Labute approximate surface area is 256 Å². The Morgan fingerprint density at radius 2 is 1.80 bits per heavy atom. The molecule has 9 nitrogen and oxygen atoms in total. The number of para-hydroxylation sites is 1. The van der Waals surface area contributed by atoms with Gasteiger partial charge in [0.2, 0.25) is 5.95 Å². The maximum absolute atomic E-state index is 13.9. The zero-order valence-electron chi connectivity index (χ0n) is 24.5. The molecule has 0 spiro atoms. The summed E-state index contributed by atoms with van der Waals surface area (Å²) in [5, 5.41) is 3.36. The fraction of sp³-hybridized carbons (Fsp3) is 0.200. The van der Waals surface area contributed by atoms with Crippen molar-refractivity contribution in [3.63, 3.8) is 0 Å². The number of hydrogen-bond acceptors (Lipinski definition) is 8. The van der Waals surface area contributed by atoms with Crippen LogP contribution in [0.5, 0.6) is 5.75 Å². The van der Waals surface area contributed by atoms with E-state index in [1.807, 2.05) is 108 Å². The Morgan fingerprint density at radius 3 is 2.52 bits per heavy atom. The van der Waals surface area contributed by atoms with Gasteiger partial charge in [0.1, 0.15) is 17.6 Å². The molecular formula is C35H34N6O3. The van der Waals surface area contributed by atoms with Crippen LogP contribution < -0.4 is 25.6 Å². The first kappa shape index (κ1) is 29.0. The molecule has 222 valence electrons. The van der Waals surface area contributed by atoms with Gasteiger partial charge in [-0.1, -0.05) is 78.9 Å². The monoisotopic (exact) mass is 586 g/mol. The Hall–Kier alpha value is -5.12. The van der Waals surface area contributed by atoms with E-state index in [1.54, 1.807) is 13.3 Å². The third-order valence-corrected chi connectivity index (χ3v) is 7.86. The summed E-state index contributed by atoms with van der Waals surface area (Å²) in [5.41, 5.74) is 10.5. The lowest BCUT2D eigenvalue weighted by Gasteiger charge is -2.36. The SMILES string of the molecule is COc1ccc(C2=CC=CC(N3CNCc4cnc(N(C(=O)[C@@H](N)CCc5ccccc5)c5ccccc5)nc43)C2=O)cc1. The molecule has 3 aromatic carbocycles. The van der Waals surface area contributed by atoms with Crippen molar-refractivity contribution in [2.75, 3.05) is 23.6 Å². The number of allylic oxidation sites excluding steroid dienone is 2. The number of amides is 1. The van der Waals surface area contributed by atoms with Gasteiger partial charge in [-0.2, -0.15) is 4.98 Å². The number of carbonyl (C=O) groups excluding carboxylic acids is 2. The zero-order valence-corrected chi connectivity index (χ0v) is 24.5. The van der Waals surface area contributed by atoms with Crippen molar-refractivity contribution in [2.45, 2.75) is 31.5 Å². The van der Waals surface area contributed by atoms with Crippen LogP contribution in [0.1, 0.15) is 23.1 Å². The Bertz CT molecular complexity index is 1690. The molecule has 9 heteroatoms. The molecule has 6 rings (SSSR count). The lowest BCUT2D eigenvalue weighted by molar-refractivity contribution is -0.119. The van der Waals surface area contributed by atoms with Crippen molar-refractivity contribution in [3.05, 3.63) is 126 Å². The fourth-order valence-corrected chi connectivity index (χ4v) is 5.50. The van der Waals surface area contributed by atoms with Gasteiger partial charge in [0.15, 0.2) is 5.78 Å². The van der Waals surface area contributed by atoms with Gasteiger partial charge in [0.05, 0.1) is 25.5 Å². The minimum absolute atomic E-state index is 0.0496. The second kappa shape index (κ2) is 13.0. The van der Waals surface area contributed by atoms with E-state index in [9.17, 15) is 9.59 Å². The highest BCUT2D eigenvalue weighted by Crippen LogP contribution is 2.32. The van der Waals surface area contributed by atoms with E-state index in [1.165, 1.54) is 4.90 Å². The zero-order chi connectivity index (χ0) is 30.5. The van der Waals surface area contributed by atoms with E-state index in [4.69, 9.17) is 15.5 Å². The number of ketones is 1. The van der Waals surface area contributed by atoms with Crippen molar-refractivity contribution in [2.24, 2.45) is 5.73 Å². The number of aryl methyl sites for hydroxylation is 1. The smallest absolute Gasteiger partial charge is 0.250 e. The molecule has 1 aromatic heterocycles. The number of ether oxygens (including phenoxy) is 1. The van der Waals surface area contributed by atoms with Crippen molar-refractivity contribution in [1.29, 1.82) is 0 Å².